The van der Waals surface area contributed by atoms with Crippen molar-refractivity contribution in [2.45, 2.75) is 12.0 Å². The summed E-state index contributed by atoms with van der Waals surface area (Å²) in [7, 11) is 1.67. The van der Waals surface area contributed by atoms with Crippen molar-refractivity contribution in [2.75, 3.05) is 20.3 Å². The summed E-state index contributed by atoms with van der Waals surface area (Å²) in [5.74, 6) is 0.859. The van der Waals surface area contributed by atoms with E-state index in [0.717, 1.165) is 24.3 Å². The average molecular weight is 193 g/mol. The monoisotopic (exact) mass is 193 g/mol. The standard InChI is InChI=1S/C11H15NO2/c1-13-10-5-3-2-4-9(10)11(8-12)6-7-14-11/h2-5H,6-8,12H2,1H3. The third-order valence-electron chi connectivity index (χ3n) is 2.81. The highest BCUT2D eigenvalue weighted by atomic mass is 16.5. The summed E-state index contributed by atoms with van der Waals surface area (Å²) in [5.41, 5.74) is 6.51. The molecular weight excluding hydrogens is 178 g/mol. The molecule has 1 atom stereocenters. The van der Waals surface area contributed by atoms with Crippen molar-refractivity contribution in [3.63, 3.8) is 0 Å². The molecule has 1 aromatic carbocycles. The summed E-state index contributed by atoms with van der Waals surface area (Å²) < 4.78 is 10.9. The molecule has 0 radical (unpaired) electrons. The molecule has 1 aliphatic heterocycles. The lowest BCUT2D eigenvalue weighted by molar-refractivity contribution is -0.147. The predicted molar refractivity (Wildman–Crippen MR) is 54.3 cm³/mol. The zero-order valence-corrected chi connectivity index (χ0v) is 8.32. The van der Waals surface area contributed by atoms with Gasteiger partial charge in [-0.3, -0.25) is 0 Å². The van der Waals surface area contributed by atoms with E-state index in [1.165, 1.54) is 0 Å². The van der Waals surface area contributed by atoms with Gasteiger partial charge in [0.15, 0.2) is 0 Å². The number of methoxy groups -OCH3 is 1. The van der Waals surface area contributed by atoms with Crippen LogP contribution in [0.5, 0.6) is 5.75 Å². The number of benzene rings is 1. The van der Waals surface area contributed by atoms with Crippen molar-refractivity contribution in [3.8, 4) is 5.75 Å². The minimum Gasteiger partial charge on any atom is -0.496 e. The molecule has 0 spiro atoms. The van der Waals surface area contributed by atoms with Gasteiger partial charge in [0.25, 0.3) is 0 Å². The lowest BCUT2D eigenvalue weighted by Crippen LogP contribution is -2.47. The van der Waals surface area contributed by atoms with E-state index in [1.54, 1.807) is 7.11 Å². The van der Waals surface area contributed by atoms with Gasteiger partial charge in [0.1, 0.15) is 11.4 Å². The van der Waals surface area contributed by atoms with Crippen molar-refractivity contribution in [1.29, 1.82) is 0 Å². The van der Waals surface area contributed by atoms with Crippen molar-refractivity contribution >= 4 is 0 Å². The fourth-order valence-electron chi connectivity index (χ4n) is 1.85. The van der Waals surface area contributed by atoms with Gasteiger partial charge in [0, 0.05) is 18.5 Å². The van der Waals surface area contributed by atoms with Crippen molar-refractivity contribution in [1.82, 2.24) is 0 Å². The molecule has 76 valence electrons. The zero-order valence-electron chi connectivity index (χ0n) is 8.32. The molecular formula is C11H15NO2. The Morgan fingerprint density at radius 2 is 2.21 bits per heavy atom. The normalized spacial score (nSPS) is 25.6. The van der Waals surface area contributed by atoms with E-state index in [2.05, 4.69) is 0 Å². The van der Waals surface area contributed by atoms with Crippen LogP contribution in [0, 0.1) is 0 Å². The summed E-state index contributed by atoms with van der Waals surface area (Å²) in [4.78, 5) is 0. The minimum atomic E-state index is -0.299. The smallest absolute Gasteiger partial charge is 0.125 e. The van der Waals surface area contributed by atoms with Gasteiger partial charge in [-0.05, 0) is 6.07 Å². The molecule has 0 bridgehead atoms. The minimum absolute atomic E-state index is 0.299. The van der Waals surface area contributed by atoms with Crippen LogP contribution < -0.4 is 10.5 Å². The molecule has 0 aromatic heterocycles. The van der Waals surface area contributed by atoms with Gasteiger partial charge in [-0.25, -0.2) is 0 Å². The molecule has 3 nitrogen and oxygen atoms in total. The highest BCUT2D eigenvalue weighted by Crippen LogP contribution is 2.40. The van der Waals surface area contributed by atoms with Crippen LogP contribution in [0.15, 0.2) is 24.3 Å². The van der Waals surface area contributed by atoms with Gasteiger partial charge in [-0.1, -0.05) is 18.2 Å². The number of ether oxygens (including phenoxy) is 2. The summed E-state index contributed by atoms with van der Waals surface area (Å²) in [6.45, 7) is 1.29. The largest absolute Gasteiger partial charge is 0.496 e. The first-order valence-corrected chi connectivity index (χ1v) is 4.80. The third-order valence-corrected chi connectivity index (χ3v) is 2.81. The first-order chi connectivity index (χ1) is 6.82. The number of rotatable bonds is 3. The second-order valence-corrected chi connectivity index (χ2v) is 3.50. The zero-order chi connectivity index (χ0) is 10.0. The fraction of sp³-hybridized carbons (Fsp3) is 0.455. The Balaban J connectivity index is 2.38. The molecule has 1 fully saturated rings. The summed E-state index contributed by atoms with van der Waals surface area (Å²) in [5, 5.41) is 0. The van der Waals surface area contributed by atoms with Crippen LogP contribution in [-0.4, -0.2) is 20.3 Å². The second-order valence-electron chi connectivity index (χ2n) is 3.50. The molecule has 1 heterocycles. The molecule has 2 rings (SSSR count). The van der Waals surface area contributed by atoms with Gasteiger partial charge >= 0.3 is 0 Å². The van der Waals surface area contributed by atoms with E-state index in [4.69, 9.17) is 15.2 Å². The highest BCUT2D eigenvalue weighted by Gasteiger charge is 2.40. The lowest BCUT2D eigenvalue weighted by atomic mass is 9.86. The van der Waals surface area contributed by atoms with E-state index in [9.17, 15) is 0 Å². The Morgan fingerprint density at radius 3 is 2.71 bits per heavy atom. The highest BCUT2D eigenvalue weighted by molar-refractivity contribution is 5.39. The van der Waals surface area contributed by atoms with Gasteiger partial charge < -0.3 is 15.2 Å². The van der Waals surface area contributed by atoms with Crippen molar-refractivity contribution in [2.24, 2.45) is 5.73 Å². The van der Waals surface area contributed by atoms with Crippen molar-refractivity contribution < 1.29 is 9.47 Å². The van der Waals surface area contributed by atoms with Crippen LogP contribution in [0.25, 0.3) is 0 Å². The number of hydrogen-bond acceptors (Lipinski definition) is 3. The molecule has 1 unspecified atom stereocenters. The number of nitrogens with two attached hydrogens (primary N) is 1. The molecule has 14 heavy (non-hydrogen) atoms. The van der Waals surface area contributed by atoms with E-state index in [1.807, 2.05) is 24.3 Å². The van der Waals surface area contributed by atoms with Crippen LogP contribution >= 0.6 is 0 Å². The van der Waals surface area contributed by atoms with Gasteiger partial charge in [-0.15, -0.1) is 0 Å². The third kappa shape index (κ3) is 1.29. The van der Waals surface area contributed by atoms with Gasteiger partial charge in [0.2, 0.25) is 0 Å². The van der Waals surface area contributed by atoms with Crippen LogP contribution in [0.2, 0.25) is 0 Å². The molecule has 1 aromatic rings. The Morgan fingerprint density at radius 1 is 1.50 bits per heavy atom. The topological polar surface area (TPSA) is 44.5 Å². The van der Waals surface area contributed by atoms with Crippen molar-refractivity contribution in [3.05, 3.63) is 29.8 Å². The lowest BCUT2D eigenvalue weighted by Gasteiger charge is -2.42. The van der Waals surface area contributed by atoms with Crippen LogP contribution in [-0.2, 0) is 10.3 Å². The maximum absolute atomic E-state index is 5.74. The van der Waals surface area contributed by atoms with E-state index in [-0.39, 0.29) is 5.60 Å². The Labute approximate surface area is 83.8 Å². The van der Waals surface area contributed by atoms with E-state index < -0.39 is 0 Å². The van der Waals surface area contributed by atoms with Gasteiger partial charge in [0.05, 0.1) is 13.7 Å². The van der Waals surface area contributed by atoms with E-state index in [0.29, 0.717) is 6.54 Å². The molecule has 3 heteroatoms. The summed E-state index contributed by atoms with van der Waals surface area (Å²) >= 11 is 0. The average Bonchev–Trinajstić information content (AvgIpc) is 2.18. The summed E-state index contributed by atoms with van der Waals surface area (Å²) in [6, 6.07) is 7.89. The first kappa shape index (κ1) is 9.49. The van der Waals surface area contributed by atoms with Crippen LogP contribution in [0.4, 0.5) is 0 Å². The Kier molecular flexibility index (Phi) is 2.44. The van der Waals surface area contributed by atoms with E-state index >= 15 is 0 Å². The van der Waals surface area contributed by atoms with Crippen LogP contribution in [0.1, 0.15) is 12.0 Å². The molecule has 0 amide bonds. The second kappa shape index (κ2) is 3.59. The molecule has 1 saturated heterocycles. The number of hydrogen-bond donors (Lipinski definition) is 1. The fourth-order valence-corrected chi connectivity index (χ4v) is 1.85. The maximum Gasteiger partial charge on any atom is 0.125 e. The molecule has 0 saturated carbocycles. The molecule has 1 aliphatic rings. The first-order valence-electron chi connectivity index (χ1n) is 4.80. The number of para-hydroxylation sites is 1. The van der Waals surface area contributed by atoms with Crippen LogP contribution in [0.3, 0.4) is 0 Å². The Bertz CT molecular complexity index is 315. The predicted octanol–water partition coefficient (Wildman–Crippen LogP) is 1.27. The van der Waals surface area contributed by atoms with Gasteiger partial charge in [-0.2, -0.15) is 0 Å². The maximum atomic E-state index is 5.74. The Hall–Kier alpha value is -1.06. The quantitative estimate of drug-likeness (QED) is 0.786. The molecule has 2 N–H and O–H groups in total. The molecule has 0 aliphatic carbocycles. The SMILES string of the molecule is COc1ccccc1C1(CN)CCO1. The summed E-state index contributed by atoms with van der Waals surface area (Å²) in [6.07, 6.45) is 0.976.